The predicted molar refractivity (Wildman–Crippen MR) is 131 cm³/mol. The zero-order valence-electron chi connectivity index (χ0n) is 18.4. The number of aromatic nitrogens is 4. The van der Waals surface area contributed by atoms with Gasteiger partial charge in [0.05, 0.1) is 12.9 Å². The van der Waals surface area contributed by atoms with Crippen LogP contribution in [0.25, 0.3) is 11.2 Å². The van der Waals surface area contributed by atoms with Gasteiger partial charge in [-0.15, -0.1) is 0 Å². The smallest absolute Gasteiger partial charge is 0.168 e. The third-order valence-electron chi connectivity index (χ3n) is 6.14. The van der Waals surface area contributed by atoms with E-state index in [1.807, 2.05) is 42.5 Å². The molecule has 0 spiro atoms. The largest absolute Gasteiger partial charge is 0.394 e. The van der Waals surface area contributed by atoms with Crippen molar-refractivity contribution in [2.24, 2.45) is 0 Å². The SMILES string of the molecule is Nc1nc(C(Cc2ccccc2)c2cc(Cl)cc(Cl)c2)nc2c1ncn2[C@@H]1O[C@H](CO)C(O)C1O. The number of anilines is 1. The lowest BCUT2D eigenvalue weighted by Crippen LogP contribution is -2.33. The fourth-order valence-electron chi connectivity index (χ4n) is 4.39. The van der Waals surface area contributed by atoms with E-state index >= 15 is 0 Å². The average molecular weight is 516 g/mol. The van der Waals surface area contributed by atoms with E-state index in [9.17, 15) is 15.3 Å². The highest BCUT2D eigenvalue weighted by atomic mass is 35.5. The van der Waals surface area contributed by atoms with Crippen molar-refractivity contribution in [1.29, 1.82) is 0 Å². The molecule has 9 nitrogen and oxygen atoms in total. The topological polar surface area (TPSA) is 140 Å². The van der Waals surface area contributed by atoms with Crippen LogP contribution in [0.4, 0.5) is 5.82 Å². The highest BCUT2D eigenvalue weighted by molar-refractivity contribution is 6.34. The summed E-state index contributed by atoms with van der Waals surface area (Å²) >= 11 is 12.6. The van der Waals surface area contributed by atoms with E-state index in [0.29, 0.717) is 33.5 Å². The summed E-state index contributed by atoms with van der Waals surface area (Å²) in [4.78, 5) is 13.6. The fourth-order valence-corrected chi connectivity index (χ4v) is 4.94. The molecule has 2 aromatic heterocycles. The van der Waals surface area contributed by atoms with Gasteiger partial charge in [-0.25, -0.2) is 15.0 Å². The number of fused-ring (bicyclic) bond motifs is 1. The van der Waals surface area contributed by atoms with E-state index < -0.39 is 31.1 Å². The summed E-state index contributed by atoms with van der Waals surface area (Å²) < 4.78 is 7.17. The van der Waals surface area contributed by atoms with E-state index in [4.69, 9.17) is 38.7 Å². The second kappa shape index (κ2) is 9.69. The van der Waals surface area contributed by atoms with Crippen LogP contribution in [0.2, 0.25) is 10.0 Å². The number of aliphatic hydroxyl groups is 3. The van der Waals surface area contributed by atoms with E-state index in [1.165, 1.54) is 10.9 Å². The van der Waals surface area contributed by atoms with Crippen molar-refractivity contribution in [2.45, 2.75) is 36.9 Å². The molecule has 1 aliphatic heterocycles. The molecule has 35 heavy (non-hydrogen) atoms. The van der Waals surface area contributed by atoms with Gasteiger partial charge in [-0.05, 0) is 35.7 Å². The molecule has 0 radical (unpaired) electrons. The Kier molecular flexibility index (Phi) is 6.63. The van der Waals surface area contributed by atoms with E-state index in [0.717, 1.165) is 11.1 Å². The Labute approximate surface area is 210 Å². The third-order valence-corrected chi connectivity index (χ3v) is 6.58. The van der Waals surface area contributed by atoms with Crippen LogP contribution in [-0.2, 0) is 11.2 Å². The van der Waals surface area contributed by atoms with Crippen LogP contribution < -0.4 is 5.73 Å². The van der Waals surface area contributed by atoms with Crippen LogP contribution in [0.1, 0.15) is 29.1 Å². The first kappa shape index (κ1) is 23.9. The molecule has 182 valence electrons. The zero-order valence-corrected chi connectivity index (χ0v) is 19.9. The maximum atomic E-state index is 10.5. The number of imidazole rings is 1. The lowest BCUT2D eigenvalue weighted by Gasteiger charge is -2.20. The Morgan fingerprint density at radius 1 is 1.03 bits per heavy atom. The lowest BCUT2D eigenvalue weighted by atomic mass is 9.91. The van der Waals surface area contributed by atoms with Gasteiger partial charge in [0, 0.05) is 16.0 Å². The van der Waals surface area contributed by atoms with Crippen LogP contribution >= 0.6 is 23.2 Å². The molecule has 0 saturated carbocycles. The van der Waals surface area contributed by atoms with Crippen LogP contribution in [0.3, 0.4) is 0 Å². The van der Waals surface area contributed by atoms with Gasteiger partial charge >= 0.3 is 0 Å². The van der Waals surface area contributed by atoms with E-state index in [-0.39, 0.29) is 11.7 Å². The molecule has 4 aromatic rings. The minimum atomic E-state index is -1.30. The fraction of sp³-hybridized carbons (Fsp3) is 0.292. The second-order valence-corrected chi connectivity index (χ2v) is 9.34. The molecular formula is C24H23Cl2N5O4. The Balaban J connectivity index is 1.63. The van der Waals surface area contributed by atoms with E-state index in [2.05, 4.69) is 9.97 Å². The van der Waals surface area contributed by atoms with Crippen molar-refractivity contribution in [3.8, 4) is 0 Å². The van der Waals surface area contributed by atoms with Crippen molar-refractivity contribution in [2.75, 3.05) is 12.3 Å². The van der Waals surface area contributed by atoms with Gasteiger partial charge in [0.15, 0.2) is 17.7 Å². The van der Waals surface area contributed by atoms with Gasteiger partial charge in [-0.3, -0.25) is 4.57 Å². The first-order chi connectivity index (χ1) is 16.9. The van der Waals surface area contributed by atoms with Crippen molar-refractivity contribution in [1.82, 2.24) is 19.5 Å². The molecule has 0 aliphatic carbocycles. The summed E-state index contributed by atoms with van der Waals surface area (Å²) in [5.41, 5.74) is 8.80. The van der Waals surface area contributed by atoms with E-state index in [1.54, 1.807) is 6.07 Å². The summed E-state index contributed by atoms with van der Waals surface area (Å²) in [6, 6.07) is 15.1. The van der Waals surface area contributed by atoms with Gasteiger partial charge in [0.2, 0.25) is 0 Å². The first-order valence-corrected chi connectivity index (χ1v) is 11.7. The Morgan fingerprint density at radius 3 is 2.40 bits per heavy atom. The highest BCUT2D eigenvalue weighted by Crippen LogP contribution is 2.35. The number of ether oxygens (including phenoxy) is 1. The van der Waals surface area contributed by atoms with Gasteiger partial charge in [0.25, 0.3) is 0 Å². The van der Waals surface area contributed by atoms with Crippen molar-refractivity contribution in [3.05, 3.63) is 81.9 Å². The molecule has 5 N–H and O–H groups in total. The van der Waals surface area contributed by atoms with Gasteiger partial charge in [-0.2, -0.15) is 0 Å². The summed E-state index contributed by atoms with van der Waals surface area (Å²) in [6.07, 6.45) is -2.54. The molecule has 1 saturated heterocycles. The summed E-state index contributed by atoms with van der Waals surface area (Å²) in [5, 5.41) is 31.2. The summed E-state index contributed by atoms with van der Waals surface area (Å²) in [6.45, 7) is -0.446. The van der Waals surface area contributed by atoms with Crippen molar-refractivity contribution in [3.63, 3.8) is 0 Å². The number of hydrogen-bond donors (Lipinski definition) is 4. The maximum absolute atomic E-state index is 10.5. The predicted octanol–water partition coefficient (Wildman–Crippen LogP) is 2.70. The van der Waals surface area contributed by atoms with Crippen LogP contribution in [0.5, 0.6) is 0 Å². The summed E-state index contributed by atoms with van der Waals surface area (Å²) in [7, 11) is 0. The Hall–Kier alpha value is -2.79. The molecular weight excluding hydrogens is 493 g/mol. The summed E-state index contributed by atoms with van der Waals surface area (Å²) in [5.74, 6) is 0.209. The Morgan fingerprint density at radius 2 is 1.74 bits per heavy atom. The molecule has 2 aromatic carbocycles. The first-order valence-electron chi connectivity index (χ1n) is 11.0. The number of benzene rings is 2. The van der Waals surface area contributed by atoms with Gasteiger partial charge in [-0.1, -0.05) is 53.5 Å². The zero-order chi connectivity index (χ0) is 24.7. The second-order valence-electron chi connectivity index (χ2n) is 8.47. The monoisotopic (exact) mass is 515 g/mol. The molecule has 0 bridgehead atoms. The average Bonchev–Trinajstić information content (AvgIpc) is 3.38. The van der Waals surface area contributed by atoms with Crippen LogP contribution in [-0.4, -0.2) is 59.8 Å². The number of hydrogen-bond acceptors (Lipinski definition) is 8. The van der Waals surface area contributed by atoms with Crippen LogP contribution in [0.15, 0.2) is 54.9 Å². The third kappa shape index (κ3) is 4.58. The Bertz CT molecular complexity index is 1330. The molecule has 3 unspecified atom stereocenters. The molecule has 5 atom stereocenters. The maximum Gasteiger partial charge on any atom is 0.168 e. The standard InChI is InChI=1S/C24H23Cl2N5O4/c25-14-7-13(8-15(26)9-14)16(6-12-4-2-1-3-5-12)22-29-21(27)18-23(30-22)31(11-28-18)24-20(34)19(33)17(10-32)35-24/h1-5,7-9,11,16-17,19-20,24,32-34H,6,10H2,(H2,27,29,30)/t16?,17-,19?,20?,24-/m1/s1. The molecule has 3 heterocycles. The number of rotatable bonds is 6. The molecule has 5 rings (SSSR count). The number of nitrogen functional groups attached to an aromatic ring is 1. The van der Waals surface area contributed by atoms with Gasteiger partial charge < -0.3 is 25.8 Å². The van der Waals surface area contributed by atoms with Crippen molar-refractivity contribution >= 4 is 40.2 Å². The minimum absolute atomic E-state index is 0.154. The number of halogens is 2. The van der Waals surface area contributed by atoms with Gasteiger partial charge in [0.1, 0.15) is 29.7 Å². The molecule has 11 heteroatoms. The van der Waals surface area contributed by atoms with Crippen LogP contribution in [0, 0.1) is 0 Å². The lowest BCUT2D eigenvalue weighted by molar-refractivity contribution is -0.0511. The molecule has 1 aliphatic rings. The minimum Gasteiger partial charge on any atom is -0.394 e. The quantitative estimate of drug-likeness (QED) is 0.307. The van der Waals surface area contributed by atoms with Crippen molar-refractivity contribution < 1.29 is 20.1 Å². The normalized spacial score (nSPS) is 23.1. The molecule has 0 amide bonds. The number of nitrogens with zero attached hydrogens (tertiary/aromatic N) is 4. The molecule has 1 fully saturated rings. The highest BCUT2D eigenvalue weighted by Gasteiger charge is 2.44. The number of nitrogens with two attached hydrogens (primary N) is 1. The number of aliphatic hydroxyl groups excluding tert-OH is 3.